The molecule has 2 atom stereocenters. The fourth-order valence-electron chi connectivity index (χ4n) is 2.44. The highest BCUT2D eigenvalue weighted by Gasteiger charge is 2.25. The number of rotatable bonds is 7. The third kappa shape index (κ3) is 4.69. The summed E-state index contributed by atoms with van der Waals surface area (Å²) >= 11 is 0. The Balaban J connectivity index is 2.03. The van der Waals surface area contributed by atoms with Crippen LogP contribution in [0.25, 0.3) is 0 Å². The largest absolute Gasteiger partial charge is 0.497 e. The van der Waals surface area contributed by atoms with Crippen molar-refractivity contribution in [3.05, 3.63) is 59.7 Å². The van der Waals surface area contributed by atoms with E-state index in [2.05, 4.69) is 5.32 Å². The molecular weight excluding hydrogens is 292 g/mol. The van der Waals surface area contributed by atoms with Crippen LogP contribution >= 0.6 is 0 Å². The van der Waals surface area contributed by atoms with Gasteiger partial charge in [-0.25, -0.2) is 0 Å². The molecule has 0 saturated carbocycles. The molecule has 2 aromatic carbocycles. The molecule has 5 nitrogen and oxygen atoms in total. The van der Waals surface area contributed by atoms with Crippen LogP contribution in [0, 0.1) is 0 Å². The van der Waals surface area contributed by atoms with E-state index in [4.69, 9.17) is 15.2 Å². The number of hydrogen-bond donors (Lipinski definition) is 3. The van der Waals surface area contributed by atoms with Crippen LogP contribution in [0.1, 0.15) is 18.1 Å². The molecular formula is C18H24N2O3. The van der Waals surface area contributed by atoms with Crippen LogP contribution in [0.3, 0.4) is 0 Å². The van der Waals surface area contributed by atoms with E-state index in [1.807, 2.05) is 42.5 Å². The molecule has 2 aromatic rings. The van der Waals surface area contributed by atoms with Gasteiger partial charge in [0.15, 0.2) is 0 Å². The third-order valence-corrected chi connectivity index (χ3v) is 3.71. The Bertz CT molecular complexity index is 626. The number of aliphatic hydroxyl groups is 1. The summed E-state index contributed by atoms with van der Waals surface area (Å²) < 4.78 is 10.3. The summed E-state index contributed by atoms with van der Waals surface area (Å²) in [7, 11) is 3.23. The number of nitrogens with one attached hydrogen (secondary N) is 1. The molecule has 0 unspecified atom stereocenters. The molecule has 23 heavy (non-hydrogen) atoms. The zero-order chi connectivity index (χ0) is 16.9. The lowest BCUT2D eigenvalue weighted by Crippen LogP contribution is -2.51. The second kappa shape index (κ2) is 7.46. The topological polar surface area (TPSA) is 76.7 Å². The average molecular weight is 316 g/mol. The van der Waals surface area contributed by atoms with Crippen molar-refractivity contribution in [2.75, 3.05) is 14.2 Å². The minimum absolute atomic E-state index is 0.399. The Morgan fingerprint density at radius 3 is 2.35 bits per heavy atom. The van der Waals surface area contributed by atoms with E-state index in [1.165, 1.54) is 0 Å². The Morgan fingerprint density at radius 2 is 1.74 bits per heavy atom. The summed E-state index contributed by atoms with van der Waals surface area (Å²) in [4.78, 5) is 0. The standard InChI is InChI=1S/C18H24N2O3/c1-18(21,14-5-4-6-16(12-14)23-3)20-17(19)11-13-7-9-15(22-2)10-8-13/h4-10,12,17,20-21H,11,19H2,1-3H3/t17-,18-/m1/s1. The Labute approximate surface area is 137 Å². The van der Waals surface area contributed by atoms with Crippen molar-refractivity contribution in [3.63, 3.8) is 0 Å². The third-order valence-electron chi connectivity index (χ3n) is 3.71. The lowest BCUT2D eigenvalue weighted by atomic mass is 10.0. The van der Waals surface area contributed by atoms with Crippen molar-refractivity contribution < 1.29 is 14.6 Å². The number of ether oxygens (including phenoxy) is 2. The lowest BCUT2D eigenvalue weighted by Gasteiger charge is -2.29. The molecule has 124 valence electrons. The van der Waals surface area contributed by atoms with Crippen LogP contribution in [-0.4, -0.2) is 25.5 Å². The quantitative estimate of drug-likeness (QED) is 0.681. The van der Waals surface area contributed by atoms with Crippen molar-refractivity contribution in [2.24, 2.45) is 5.73 Å². The van der Waals surface area contributed by atoms with Gasteiger partial charge < -0.3 is 20.3 Å². The average Bonchev–Trinajstić information content (AvgIpc) is 2.55. The van der Waals surface area contributed by atoms with E-state index in [0.717, 1.165) is 11.3 Å². The Hall–Kier alpha value is -2.08. The van der Waals surface area contributed by atoms with Crippen LogP contribution in [0.5, 0.6) is 11.5 Å². The van der Waals surface area contributed by atoms with Gasteiger partial charge in [0.2, 0.25) is 0 Å². The minimum atomic E-state index is -1.25. The highest BCUT2D eigenvalue weighted by Crippen LogP contribution is 2.22. The van der Waals surface area contributed by atoms with Crippen LogP contribution in [0.4, 0.5) is 0 Å². The van der Waals surface area contributed by atoms with Crippen LogP contribution in [0.15, 0.2) is 48.5 Å². The first kappa shape index (κ1) is 17.3. The van der Waals surface area contributed by atoms with Crippen LogP contribution < -0.4 is 20.5 Å². The second-order valence-corrected chi connectivity index (χ2v) is 5.61. The van der Waals surface area contributed by atoms with Gasteiger partial charge in [0, 0.05) is 12.0 Å². The monoisotopic (exact) mass is 316 g/mol. The number of hydrogen-bond acceptors (Lipinski definition) is 5. The number of methoxy groups -OCH3 is 2. The van der Waals surface area contributed by atoms with Gasteiger partial charge in [0.05, 0.1) is 20.4 Å². The fourth-order valence-corrected chi connectivity index (χ4v) is 2.44. The number of benzene rings is 2. The normalized spacial score (nSPS) is 14.8. The van der Waals surface area contributed by atoms with E-state index >= 15 is 0 Å². The molecule has 0 aliphatic heterocycles. The molecule has 0 saturated heterocycles. The second-order valence-electron chi connectivity index (χ2n) is 5.61. The van der Waals surface area contributed by atoms with Gasteiger partial charge >= 0.3 is 0 Å². The van der Waals surface area contributed by atoms with E-state index in [1.54, 1.807) is 27.2 Å². The minimum Gasteiger partial charge on any atom is -0.497 e. The summed E-state index contributed by atoms with van der Waals surface area (Å²) in [5.74, 6) is 1.49. The van der Waals surface area contributed by atoms with Gasteiger partial charge in [-0.1, -0.05) is 24.3 Å². The first-order valence-electron chi connectivity index (χ1n) is 7.47. The molecule has 4 N–H and O–H groups in total. The zero-order valence-electron chi connectivity index (χ0n) is 13.7. The maximum atomic E-state index is 10.7. The van der Waals surface area contributed by atoms with Gasteiger partial charge in [0.25, 0.3) is 0 Å². The molecule has 0 aromatic heterocycles. The Kier molecular flexibility index (Phi) is 5.60. The molecule has 0 heterocycles. The number of nitrogens with two attached hydrogens (primary N) is 1. The summed E-state index contributed by atoms with van der Waals surface area (Å²) in [6.45, 7) is 1.68. The first-order chi connectivity index (χ1) is 10.9. The SMILES string of the molecule is COc1ccc(C[C@H](N)N[C@](C)(O)c2cccc(OC)c2)cc1. The summed E-state index contributed by atoms with van der Waals surface area (Å²) in [5, 5.41) is 13.7. The molecule has 0 fully saturated rings. The van der Waals surface area contributed by atoms with E-state index in [0.29, 0.717) is 17.7 Å². The molecule has 0 bridgehead atoms. The summed E-state index contributed by atoms with van der Waals surface area (Å²) in [6, 6.07) is 15.0. The predicted octanol–water partition coefficient (Wildman–Crippen LogP) is 1.99. The summed E-state index contributed by atoms with van der Waals surface area (Å²) in [6.07, 6.45) is 0.189. The molecule has 0 spiro atoms. The molecule has 5 heteroatoms. The lowest BCUT2D eigenvalue weighted by molar-refractivity contribution is 0.00809. The highest BCUT2D eigenvalue weighted by atomic mass is 16.5. The maximum Gasteiger partial charge on any atom is 0.140 e. The molecule has 0 amide bonds. The van der Waals surface area contributed by atoms with Crippen molar-refractivity contribution in [1.82, 2.24) is 5.32 Å². The van der Waals surface area contributed by atoms with Crippen molar-refractivity contribution in [2.45, 2.75) is 25.2 Å². The summed E-state index contributed by atoms with van der Waals surface area (Å²) in [5.41, 5.74) is 6.65. The highest BCUT2D eigenvalue weighted by molar-refractivity contribution is 5.32. The fraction of sp³-hybridized carbons (Fsp3) is 0.333. The molecule has 0 aliphatic rings. The zero-order valence-corrected chi connectivity index (χ0v) is 13.7. The van der Waals surface area contributed by atoms with Crippen LogP contribution in [-0.2, 0) is 12.1 Å². The van der Waals surface area contributed by atoms with E-state index < -0.39 is 11.9 Å². The Morgan fingerprint density at radius 1 is 1.09 bits per heavy atom. The molecule has 2 rings (SSSR count). The van der Waals surface area contributed by atoms with Gasteiger partial charge in [-0.15, -0.1) is 0 Å². The van der Waals surface area contributed by atoms with Gasteiger partial charge in [-0.2, -0.15) is 0 Å². The first-order valence-corrected chi connectivity index (χ1v) is 7.47. The smallest absolute Gasteiger partial charge is 0.140 e. The van der Waals surface area contributed by atoms with Gasteiger partial charge in [0.1, 0.15) is 17.2 Å². The maximum absolute atomic E-state index is 10.7. The van der Waals surface area contributed by atoms with E-state index in [-0.39, 0.29) is 0 Å². The predicted molar refractivity (Wildman–Crippen MR) is 90.4 cm³/mol. The van der Waals surface area contributed by atoms with Gasteiger partial charge in [-0.05, 0) is 36.8 Å². The van der Waals surface area contributed by atoms with Crippen molar-refractivity contribution >= 4 is 0 Å². The van der Waals surface area contributed by atoms with Crippen LogP contribution in [0.2, 0.25) is 0 Å². The molecule has 0 radical (unpaired) electrons. The van der Waals surface area contributed by atoms with Crippen molar-refractivity contribution in [3.8, 4) is 11.5 Å². The van der Waals surface area contributed by atoms with Crippen molar-refractivity contribution in [1.29, 1.82) is 0 Å². The van der Waals surface area contributed by atoms with E-state index in [9.17, 15) is 5.11 Å². The van der Waals surface area contributed by atoms with Gasteiger partial charge in [-0.3, -0.25) is 5.32 Å². The molecule has 0 aliphatic carbocycles.